The maximum absolute atomic E-state index is 4.21. The quantitative estimate of drug-likeness (QED) is 0.841. The lowest BCUT2D eigenvalue weighted by molar-refractivity contribution is 0.275. The van der Waals surface area contributed by atoms with Crippen molar-refractivity contribution in [2.75, 3.05) is 6.54 Å². The van der Waals surface area contributed by atoms with Gasteiger partial charge in [0, 0.05) is 18.4 Å². The molecular weight excluding hydrogens is 196 g/mol. The van der Waals surface area contributed by atoms with E-state index in [1.165, 1.54) is 11.1 Å². The fourth-order valence-corrected chi connectivity index (χ4v) is 2.10. The van der Waals surface area contributed by atoms with Crippen molar-refractivity contribution in [1.82, 2.24) is 10.3 Å². The van der Waals surface area contributed by atoms with Crippen LogP contribution >= 0.6 is 0 Å². The average molecular weight is 220 g/mol. The Morgan fingerprint density at radius 1 is 1.31 bits per heavy atom. The highest BCUT2D eigenvalue weighted by Gasteiger charge is 2.26. The molecule has 0 amide bonds. The molecule has 1 aromatic rings. The Morgan fingerprint density at radius 2 is 2.00 bits per heavy atom. The van der Waals surface area contributed by atoms with Crippen LogP contribution in [0.25, 0.3) is 0 Å². The molecule has 0 spiro atoms. The lowest BCUT2D eigenvalue weighted by Gasteiger charge is -2.33. The molecule has 0 aliphatic carbocycles. The number of rotatable bonds is 4. The largest absolute Gasteiger partial charge is 0.310 e. The third-order valence-electron chi connectivity index (χ3n) is 2.91. The number of aromatic nitrogens is 1. The van der Waals surface area contributed by atoms with Crippen molar-refractivity contribution in [2.45, 2.75) is 47.1 Å². The number of hydrogen-bond donors (Lipinski definition) is 1. The molecule has 0 saturated carbocycles. The summed E-state index contributed by atoms with van der Waals surface area (Å²) in [6.45, 7) is 12.2. The van der Waals surface area contributed by atoms with Gasteiger partial charge >= 0.3 is 0 Å². The van der Waals surface area contributed by atoms with E-state index in [4.69, 9.17) is 0 Å². The number of nitrogens with one attached hydrogen (secondary N) is 1. The summed E-state index contributed by atoms with van der Waals surface area (Å²) in [7, 11) is 0. The molecule has 0 saturated heterocycles. The Bertz CT molecular complexity index is 326. The molecule has 1 aromatic heterocycles. The van der Waals surface area contributed by atoms with Crippen LogP contribution in [-0.2, 0) is 6.42 Å². The van der Waals surface area contributed by atoms with E-state index in [1.807, 2.05) is 12.4 Å². The van der Waals surface area contributed by atoms with Gasteiger partial charge in [-0.15, -0.1) is 0 Å². The highest BCUT2D eigenvalue weighted by atomic mass is 14.9. The minimum absolute atomic E-state index is 0.223. The van der Waals surface area contributed by atoms with Crippen molar-refractivity contribution in [3.05, 3.63) is 29.6 Å². The molecule has 0 bridgehead atoms. The van der Waals surface area contributed by atoms with Crippen molar-refractivity contribution in [3.8, 4) is 0 Å². The summed E-state index contributed by atoms with van der Waals surface area (Å²) in [4.78, 5) is 4.21. The second-order valence-corrected chi connectivity index (χ2v) is 5.28. The molecule has 2 nitrogen and oxygen atoms in total. The predicted molar refractivity (Wildman–Crippen MR) is 69.5 cm³/mol. The van der Waals surface area contributed by atoms with Crippen molar-refractivity contribution >= 4 is 0 Å². The van der Waals surface area contributed by atoms with Crippen LogP contribution in [-0.4, -0.2) is 11.5 Å². The number of pyridine rings is 1. The molecule has 1 atom stereocenters. The van der Waals surface area contributed by atoms with Gasteiger partial charge in [-0.3, -0.25) is 4.98 Å². The molecule has 1 rings (SSSR count). The van der Waals surface area contributed by atoms with Crippen LogP contribution in [0.5, 0.6) is 0 Å². The van der Waals surface area contributed by atoms with Gasteiger partial charge in [-0.1, -0.05) is 34.6 Å². The normalized spacial score (nSPS) is 13.8. The summed E-state index contributed by atoms with van der Waals surface area (Å²) in [5, 5.41) is 3.59. The first-order valence-electron chi connectivity index (χ1n) is 6.16. The van der Waals surface area contributed by atoms with Crippen LogP contribution in [0.2, 0.25) is 0 Å². The zero-order valence-corrected chi connectivity index (χ0v) is 11.2. The number of aryl methyl sites for hydroxylation is 1. The van der Waals surface area contributed by atoms with E-state index in [1.54, 1.807) is 0 Å². The second kappa shape index (κ2) is 5.44. The summed E-state index contributed by atoms with van der Waals surface area (Å²) in [6.07, 6.45) is 4.93. The molecule has 2 heteroatoms. The zero-order valence-electron chi connectivity index (χ0n) is 11.2. The standard InChI is InChI=1S/C14H24N2/c1-6-11-10-15-9-8-12(11)13(16-7-2)14(3,4)5/h8-10,13,16H,6-7H2,1-5H3. The summed E-state index contributed by atoms with van der Waals surface area (Å²) in [5.41, 5.74) is 2.97. The van der Waals surface area contributed by atoms with Gasteiger partial charge in [-0.2, -0.15) is 0 Å². The molecule has 16 heavy (non-hydrogen) atoms. The Kier molecular flexibility index (Phi) is 4.48. The molecule has 0 radical (unpaired) electrons. The van der Waals surface area contributed by atoms with Crippen LogP contribution in [0.1, 0.15) is 51.8 Å². The number of nitrogens with zero attached hydrogens (tertiary/aromatic N) is 1. The van der Waals surface area contributed by atoms with Crippen LogP contribution in [0, 0.1) is 5.41 Å². The fraction of sp³-hybridized carbons (Fsp3) is 0.643. The second-order valence-electron chi connectivity index (χ2n) is 5.28. The van der Waals surface area contributed by atoms with E-state index in [-0.39, 0.29) is 5.41 Å². The lowest BCUT2D eigenvalue weighted by atomic mass is 9.81. The van der Waals surface area contributed by atoms with Gasteiger partial charge in [-0.25, -0.2) is 0 Å². The third kappa shape index (κ3) is 3.05. The van der Waals surface area contributed by atoms with E-state index in [2.05, 4.69) is 51.0 Å². The van der Waals surface area contributed by atoms with E-state index in [0.717, 1.165) is 13.0 Å². The van der Waals surface area contributed by atoms with Crippen molar-refractivity contribution in [2.24, 2.45) is 5.41 Å². The monoisotopic (exact) mass is 220 g/mol. The first-order chi connectivity index (χ1) is 7.50. The molecule has 1 N–H and O–H groups in total. The zero-order chi connectivity index (χ0) is 12.2. The molecule has 1 heterocycles. The minimum atomic E-state index is 0.223. The van der Waals surface area contributed by atoms with Gasteiger partial charge in [-0.05, 0) is 35.6 Å². The maximum Gasteiger partial charge on any atom is 0.0372 e. The Morgan fingerprint density at radius 3 is 2.50 bits per heavy atom. The van der Waals surface area contributed by atoms with E-state index in [9.17, 15) is 0 Å². The van der Waals surface area contributed by atoms with Crippen LogP contribution in [0.4, 0.5) is 0 Å². The molecule has 0 aromatic carbocycles. The van der Waals surface area contributed by atoms with Gasteiger partial charge in [0.15, 0.2) is 0 Å². The lowest BCUT2D eigenvalue weighted by Crippen LogP contribution is -2.33. The van der Waals surface area contributed by atoms with Gasteiger partial charge in [0.1, 0.15) is 0 Å². The van der Waals surface area contributed by atoms with E-state index in [0.29, 0.717) is 6.04 Å². The summed E-state index contributed by atoms with van der Waals surface area (Å²) in [5.74, 6) is 0. The minimum Gasteiger partial charge on any atom is -0.310 e. The predicted octanol–water partition coefficient (Wildman–Crippen LogP) is 3.34. The highest BCUT2D eigenvalue weighted by Crippen LogP contribution is 2.34. The molecule has 90 valence electrons. The van der Waals surface area contributed by atoms with E-state index >= 15 is 0 Å². The Hall–Kier alpha value is -0.890. The van der Waals surface area contributed by atoms with Gasteiger partial charge < -0.3 is 5.32 Å². The van der Waals surface area contributed by atoms with Crippen molar-refractivity contribution < 1.29 is 0 Å². The van der Waals surface area contributed by atoms with Crippen LogP contribution < -0.4 is 5.32 Å². The van der Waals surface area contributed by atoms with Gasteiger partial charge in [0.25, 0.3) is 0 Å². The molecule has 0 aliphatic heterocycles. The third-order valence-corrected chi connectivity index (χ3v) is 2.91. The van der Waals surface area contributed by atoms with Crippen LogP contribution in [0.15, 0.2) is 18.5 Å². The molecular formula is C14H24N2. The molecule has 0 fully saturated rings. The molecule has 1 unspecified atom stereocenters. The Labute approximate surface area is 99.5 Å². The molecule has 0 aliphatic rings. The maximum atomic E-state index is 4.21. The summed E-state index contributed by atoms with van der Waals surface area (Å²) >= 11 is 0. The smallest absolute Gasteiger partial charge is 0.0372 e. The Balaban J connectivity index is 3.10. The van der Waals surface area contributed by atoms with Crippen LogP contribution in [0.3, 0.4) is 0 Å². The van der Waals surface area contributed by atoms with Crippen molar-refractivity contribution in [1.29, 1.82) is 0 Å². The highest BCUT2D eigenvalue weighted by molar-refractivity contribution is 5.28. The summed E-state index contributed by atoms with van der Waals surface area (Å²) < 4.78 is 0. The summed E-state index contributed by atoms with van der Waals surface area (Å²) in [6, 6.07) is 2.55. The van der Waals surface area contributed by atoms with Gasteiger partial charge in [0.05, 0.1) is 0 Å². The average Bonchev–Trinajstić information content (AvgIpc) is 2.24. The van der Waals surface area contributed by atoms with Gasteiger partial charge in [0.2, 0.25) is 0 Å². The SMILES string of the molecule is CCNC(c1ccncc1CC)C(C)(C)C. The van der Waals surface area contributed by atoms with E-state index < -0.39 is 0 Å². The number of hydrogen-bond acceptors (Lipinski definition) is 2. The topological polar surface area (TPSA) is 24.9 Å². The fourth-order valence-electron chi connectivity index (χ4n) is 2.10. The van der Waals surface area contributed by atoms with Crippen molar-refractivity contribution in [3.63, 3.8) is 0 Å². The first kappa shape index (κ1) is 13.2. The first-order valence-corrected chi connectivity index (χ1v) is 6.16.